The van der Waals surface area contributed by atoms with Gasteiger partial charge < -0.3 is 5.73 Å². The van der Waals surface area contributed by atoms with Crippen molar-refractivity contribution in [3.63, 3.8) is 0 Å². The molecule has 0 saturated carbocycles. The van der Waals surface area contributed by atoms with Gasteiger partial charge in [-0.25, -0.2) is 0 Å². The van der Waals surface area contributed by atoms with Crippen molar-refractivity contribution < 1.29 is 0 Å². The molecule has 0 saturated heterocycles. The first-order valence-electron chi connectivity index (χ1n) is 5.73. The van der Waals surface area contributed by atoms with Gasteiger partial charge in [0.15, 0.2) is 0 Å². The molecule has 0 fully saturated rings. The standard InChI is InChI=1S/C13H25N/c1-5-7-9-11-13(3,4)12(14)10-8-6-2/h2,12H,5,7-11,14H2,1,3-4H3. The molecule has 1 unspecified atom stereocenters. The lowest BCUT2D eigenvalue weighted by atomic mass is 9.78. The van der Waals surface area contributed by atoms with Gasteiger partial charge in [0, 0.05) is 12.5 Å². The first-order valence-corrected chi connectivity index (χ1v) is 5.73. The van der Waals surface area contributed by atoms with Crippen LogP contribution in [0.1, 0.15) is 59.3 Å². The Bertz CT molecular complexity index is 176. The van der Waals surface area contributed by atoms with Crippen LogP contribution < -0.4 is 5.73 Å². The van der Waals surface area contributed by atoms with Gasteiger partial charge in [-0.15, -0.1) is 12.3 Å². The summed E-state index contributed by atoms with van der Waals surface area (Å²) in [6.45, 7) is 6.74. The molecule has 0 aliphatic rings. The van der Waals surface area contributed by atoms with E-state index < -0.39 is 0 Å². The summed E-state index contributed by atoms with van der Waals surface area (Å²) in [5.74, 6) is 2.66. The lowest BCUT2D eigenvalue weighted by Gasteiger charge is -2.31. The summed E-state index contributed by atoms with van der Waals surface area (Å²) in [6.07, 6.45) is 12.1. The van der Waals surface area contributed by atoms with E-state index in [1.165, 1.54) is 25.7 Å². The molecule has 0 aliphatic carbocycles. The number of nitrogens with two attached hydrogens (primary N) is 1. The van der Waals surface area contributed by atoms with Crippen molar-refractivity contribution in [2.45, 2.75) is 65.3 Å². The zero-order valence-electron chi connectivity index (χ0n) is 9.97. The Morgan fingerprint density at radius 2 is 2.00 bits per heavy atom. The van der Waals surface area contributed by atoms with Crippen LogP contribution in [-0.2, 0) is 0 Å². The van der Waals surface area contributed by atoms with Crippen LogP contribution in [0, 0.1) is 17.8 Å². The largest absolute Gasteiger partial charge is 0.327 e. The van der Waals surface area contributed by atoms with Crippen LogP contribution in [0.25, 0.3) is 0 Å². The maximum absolute atomic E-state index is 6.12. The van der Waals surface area contributed by atoms with Gasteiger partial charge in [-0.2, -0.15) is 0 Å². The van der Waals surface area contributed by atoms with Gasteiger partial charge in [0.2, 0.25) is 0 Å². The molecule has 0 aliphatic heterocycles. The maximum atomic E-state index is 6.12. The van der Waals surface area contributed by atoms with Gasteiger partial charge in [0.1, 0.15) is 0 Å². The Labute approximate surface area is 89.5 Å². The van der Waals surface area contributed by atoms with Gasteiger partial charge in [0.25, 0.3) is 0 Å². The number of rotatable bonds is 7. The minimum absolute atomic E-state index is 0.242. The fourth-order valence-electron chi connectivity index (χ4n) is 1.65. The SMILES string of the molecule is C#CCCC(N)C(C)(C)CCCCC. The molecule has 0 aromatic rings. The predicted octanol–water partition coefficient (Wildman–Crippen LogP) is 3.33. The molecule has 0 aromatic heterocycles. The molecule has 1 heteroatoms. The van der Waals surface area contributed by atoms with E-state index >= 15 is 0 Å². The van der Waals surface area contributed by atoms with Crippen molar-refractivity contribution >= 4 is 0 Å². The monoisotopic (exact) mass is 195 g/mol. The van der Waals surface area contributed by atoms with Gasteiger partial charge in [-0.1, -0.05) is 40.0 Å². The van der Waals surface area contributed by atoms with Crippen LogP contribution in [0.3, 0.4) is 0 Å². The third kappa shape index (κ3) is 5.29. The summed E-state index contributed by atoms with van der Waals surface area (Å²) in [6, 6.07) is 0.246. The minimum atomic E-state index is 0.242. The van der Waals surface area contributed by atoms with E-state index in [1.54, 1.807) is 0 Å². The van der Waals surface area contributed by atoms with Gasteiger partial charge >= 0.3 is 0 Å². The van der Waals surface area contributed by atoms with Crippen molar-refractivity contribution in [3.05, 3.63) is 0 Å². The summed E-state index contributed by atoms with van der Waals surface area (Å²) in [5.41, 5.74) is 6.37. The van der Waals surface area contributed by atoms with Crippen LogP contribution in [-0.4, -0.2) is 6.04 Å². The Morgan fingerprint density at radius 1 is 1.36 bits per heavy atom. The van der Waals surface area contributed by atoms with E-state index in [1.807, 2.05) is 0 Å². The summed E-state index contributed by atoms with van der Waals surface area (Å²) in [4.78, 5) is 0. The summed E-state index contributed by atoms with van der Waals surface area (Å²) in [5, 5.41) is 0. The van der Waals surface area contributed by atoms with E-state index in [0.717, 1.165) is 12.8 Å². The Hall–Kier alpha value is -0.480. The molecule has 14 heavy (non-hydrogen) atoms. The van der Waals surface area contributed by atoms with Crippen LogP contribution in [0.4, 0.5) is 0 Å². The first-order chi connectivity index (χ1) is 6.54. The molecule has 82 valence electrons. The topological polar surface area (TPSA) is 26.0 Å². The highest BCUT2D eigenvalue weighted by Crippen LogP contribution is 2.28. The number of unbranched alkanes of at least 4 members (excludes halogenated alkanes) is 2. The molecule has 0 spiro atoms. The Morgan fingerprint density at radius 3 is 2.50 bits per heavy atom. The molecule has 1 nitrogen and oxygen atoms in total. The molecule has 2 N–H and O–H groups in total. The van der Waals surface area contributed by atoms with Crippen molar-refractivity contribution in [1.29, 1.82) is 0 Å². The van der Waals surface area contributed by atoms with E-state index in [9.17, 15) is 0 Å². The zero-order chi connectivity index (χ0) is 11.0. The van der Waals surface area contributed by atoms with Crippen LogP contribution >= 0.6 is 0 Å². The molecule has 0 aromatic carbocycles. The van der Waals surface area contributed by atoms with Crippen molar-refractivity contribution in [2.75, 3.05) is 0 Å². The Balaban J connectivity index is 3.84. The molecular weight excluding hydrogens is 170 g/mol. The molecule has 0 radical (unpaired) electrons. The van der Waals surface area contributed by atoms with Crippen LogP contribution in [0.2, 0.25) is 0 Å². The lowest BCUT2D eigenvalue weighted by Crippen LogP contribution is -2.37. The maximum Gasteiger partial charge on any atom is 0.0101 e. The summed E-state index contributed by atoms with van der Waals surface area (Å²) >= 11 is 0. The van der Waals surface area contributed by atoms with Crippen molar-refractivity contribution in [1.82, 2.24) is 0 Å². The molecule has 0 bridgehead atoms. The first kappa shape index (κ1) is 13.5. The van der Waals surface area contributed by atoms with Gasteiger partial charge in [-0.3, -0.25) is 0 Å². The van der Waals surface area contributed by atoms with E-state index in [2.05, 4.69) is 26.7 Å². The number of terminal acetylenes is 1. The highest BCUT2D eigenvalue weighted by molar-refractivity contribution is 4.89. The van der Waals surface area contributed by atoms with E-state index in [4.69, 9.17) is 12.2 Å². The molecule has 1 atom stereocenters. The number of hydrogen-bond acceptors (Lipinski definition) is 1. The van der Waals surface area contributed by atoms with Crippen molar-refractivity contribution in [3.8, 4) is 12.3 Å². The average Bonchev–Trinajstić information content (AvgIpc) is 2.14. The van der Waals surface area contributed by atoms with Crippen molar-refractivity contribution in [2.24, 2.45) is 11.1 Å². The Kier molecular flexibility index (Phi) is 6.66. The van der Waals surface area contributed by atoms with Gasteiger partial charge in [0.05, 0.1) is 0 Å². The predicted molar refractivity (Wildman–Crippen MR) is 64.0 cm³/mol. The number of hydrogen-bond donors (Lipinski definition) is 1. The van der Waals surface area contributed by atoms with E-state index in [-0.39, 0.29) is 11.5 Å². The second-order valence-corrected chi connectivity index (χ2v) is 4.79. The quantitative estimate of drug-likeness (QED) is 0.489. The highest BCUT2D eigenvalue weighted by Gasteiger charge is 2.24. The molecular formula is C13H25N. The second-order valence-electron chi connectivity index (χ2n) is 4.79. The molecule has 0 amide bonds. The third-order valence-corrected chi connectivity index (χ3v) is 3.03. The normalized spacial score (nSPS) is 13.6. The summed E-state index contributed by atoms with van der Waals surface area (Å²) in [7, 11) is 0. The average molecular weight is 195 g/mol. The van der Waals surface area contributed by atoms with Crippen LogP contribution in [0.15, 0.2) is 0 Å². The zero-order valence-corrected chi connectivity index (χ0v) is 9.97. The lowest BCUT2D eigenvalue weighted by molar-refractivity contribution is 0.245. The molecule has 0 heterocycles. The smallest absolute Gasteiger partial charge is 0.0101 e. The summed E-state index contributed by atoms with van der Waals surface area (Å²) < 4.78 is 0. The third-order valence-electron chi connectivity index (χ3n) is 3.03. The fourth-order valence-corrected chi connectivity index (χ4v) is 1.65. The second kappa shape index (κ2) is 6.90. The van der Waals surface area contributed by atoms with E-state index in [0.29, 0.717) is 0 Å². The highest BCUT2D eigenvalue weighted by atomic mass is 14.7. The fraction of sp³-hybridized carbons (Fsp3) is 0.846. The molecule has 0 rings (SSSR count). The van der Waals surface area contributed by atoms with Crippen LogP contribution in [0.5, 0.6) is 0 Å². The minimum Gasteiger partial charge on any atom is -0.327 e. The van der Waals surface area contributed by atoms with Gasteiger partial charge in [-0.05, 0) is 18.3 Å².